The molecule has 0 radical (unpaired) electrons. The van der Waals surface area contributed by atoms with Crippen LogP contribution in [-0.2, 0) is 0 Å². The van der Waals surface area contributed by atoms with Crippen LogP contribution in [0.5, 0.6) is 5.75 Å². The van der Waals surface area contributed by atoms with Gasteiger partial charge in [0.15, 0.2) is 5.78 Å². The van der Waals surface area contributed by atoms with E-state index in [1.54, 1.807) is 7.11 Å². The maximum Gasteiger partial charge on any atom is 0.176 e. The molecule has 0 atom stereocenters. The summed E-state index contributed by atoms with van der Waals surface area (Å²) in [6.45, 7) is 7.15. The number of carbonyl (C=O) groups is 1. The van der Waals surface area contributed by atoms with Gasteiger partial charge in [-0.25, -0.2) is 0 Å². The molecule has 104 valence electrons. The van der Waals surface area contributed by atoms with Gasteiger partial charge in [-0.3, -0.25) is 9.69 Å². The molecule has 1 aromatic carbocycles. The SMILES string of the molecule is COc1cccc(C(=O)CN2CCC(C)(C)CC2)c1. The third-order valence-corrected chi connectivity index (χ3v) is 3.97. The Bertz CT molecular complexity index is 444. The summed E-state index contributed by atoms with van der Waals surface area (Å²) in [6, 6.07) is 7.40. The molecule has 0 unspecified atom stereocenters. The first-order valence-corrected chi connectivity index (χ1v) is 6.90. The first-order valence-electron chi connectivity index (χ1n) is 6.90. The second-order valence-electron chi connectivity index (χ2n) is 6.10. The molecule has 0 amide bonds. The van der Waals surface area contributed by atoms with E-state index in [2.05, 4.69) is 18.7 Å². The van der Waals surface area contributed by atoms with Gasteiger partial charge in [-0.2, -0.15) is 0 Å². The molecule has 1 heterocycles. The molecule has 3 nitrogen and oxygen atoms in total. The average Bonchev–Trinajstić information content (AvgIpc) is 2.41. The van der Waals surface area contributed by atoms with E-state index in [4.69, 9.17) is 4.74 Å². The Morgan fingerprint density at radius 1 is 1.32 bits per heavy atom. The van der Waals surface area contributed by atoms with Crippen LogP contribution < -0.4 is 4.74 Å². The molecule has 19 heavy (non-hydrogen) atoms. The summed E-state index contributed by atoms with van der Waals surface area (Å²) in [6.07, 6.45) is 2.33. The van der Waals surface area contributed by atoms with Crippen molar-refractivity contribution in [1.82, 2.24) is 4.90 Å². The van der Waals surface area contributed by atoms with Crippen molar-refractivity contribution in [2.75, 3.05) is 26.7 Å². The predicted molar refractivity (Wildman–Crippen MR) is 76.8 cm³/mol. The molecule has 2 rings (SSSR count). The number of rotatable bonds is 4. The predicted octanol–water partition coefficient (Wildman–Crippen LogP) is 3.00. The van der Waals surface area contributed by atoms with Crippen LogP contribution in [0.25, 0.3) is 0 Å². The fourth-order valence-electron chi connectivity index (χ4n) is 2.41. The highest BCUT2D eigenvalue weighted by Crippen LogP contribution is 2.29. The second kappa shape index (κ2) is 5.74. The third-order valence-electron chi connectivity index (χ3n) is 3.97. The van der Waals surface area contributed by atoms with Crippen LogP contribution in [0.2, 0.25) is 0 Å². The Morgan fingerprint density at radius 3 is 2.63 bits per heavy atom. The normalized spacial score (nSPS) is 19.1. The van der Waals surface area contributed by atoms with Gasteiger partial charge in [0.25, 0.3) is 0 Å². The molecule has 0 aliphatic carbocycles. The van der Waals surface area contributed by atoms with Crippen LogP contribution in [0.3, 0.4) is 0 Å². The lowest BCUT2D eigenvalue weighted by molar-refractivity contribution is 0.0845. The highest BCUT2D eigenvalue weighted by molar-refractivity contribution is 5.97. The van der Waals surface area contributed by atoms with Crippen LogP contribution >= 0.6 is 0 Å². The van der Waals surface area contributed by atoms with Crippen molar-refractivity contribution in [3.63, 3.8) is 0 Å². The molecule has 1 aliphatic heterocycles. The molecular formula is C16H23NO2. The summed E-state index contributed by atoms with van der Waals surface area (Å²) in [5.41, 5.74) is 1.17. The van der Waals surface area contributed by atoms with Crippen LogP contribution in [0, 0.1) is 5.41 Å². The molecule has 1 saturated heterocycles. The Hall–Kier alpha value is -1.35. The molecule has 0 spiro atoms. The molecule has 1 aliphatic rings. The minimum Gasteiger partial charge on any atom is -0.497 e. The van der Waals surface area contributed by atoms with Crippen molar-refractivity contribution in [2.45, 2.75) is 26.7 Å². The van der Waals surface area contributed by atoms with E-state index >= 15 is 0 Å². The average molecular weight is 261 g/mol. The van der Waals surface area contributed by atoms with E-state index in [0.717, 1.165) is 24.4 Å². The summed E-state index contributed by atoms with van der Waals surface area (Å²) in [7, 11) is 1.62. The summed E-state index contributed by atoms with van der Waals surface area (Å²) in [5.74, 6) is 0.921. The Morgan fingerprint density at radius 2 is 2.00 bits per heavy atom. The molecule has 0 bridgehead atoms. The highest BCUT2D eigenvalue weighted by atomic mass is 16.5. The van der Waals surface area contributed by atoms with Gasteiger partial charge < -0.3 is 4.74 Å². The number of nitrogens with zero attached hydrogens (tertiary/aromatic N) is 1. The molecule has 1 fully saturated rings. The first kappa shape index (κ1) is 14.1. The topological polar surface area (TPSA) is 29.5 Å². The van der Waals surface area contributed by atoms with E-state index in [1.165, 1.54) is 12.8 Å². The minimum absolute atomic E-state index is 0.179. The van der Waals surface area contributed by atoms with Crippen molar-refractivity contribution >= 4 is 5.78 Å². The quantitative estimate of drug-likeness (QED) is 0.780. The molecule has 0 N–H and O–H groups in total. The lowest BCUT2D eigenvalue weighted by atomic mass is 9.82. The Kier molecular flexibility index (Phi) is 4.25. The molecule has 1 aromatic rings. The lowest BCUT2D eigenvalue weighted by Gasteiger charge is -2.36. The smallest absolute Gasteiger partial charge is 0.176 e. The number of Topliss-reactive ketones (excluding diaryl/α,β-unsaturated/α-hetero) is 1. The number of ketones is 1. The van der Waals surface area contributed by atoms with Crippen molar-refractivity contribution in [2.24, 2.45) is 5.41 Å². The van der Waals surface area contributed by atoms with Crippen LogP contribution in [0.4, 0.5) is 0 Å². The van der Waals surface area contributed by atoms with Gasteiger partial charge >= 0.3 is 0 Å². The number of hydrogen-bond acceptors (Lipinski definition) is 3. The number of ether oxygens (including phenoxy) is 1. The maximum atomic E-state index is 12.2. The first-order chi connectivity index (χ1) is 9.00. The van der Waals surface area contributed by atoms with Crippen LogP contribution in [0.1, 0.15) is 37.0 Å². The summed E-state index contributed by atoms with van der Waals surface area (Å²) >= 11 is 0. The van der Waals surface area contributed by atoms with E-state index in [9.17, 15) is 4.79 Å². The van der Waals surface area contributed by atoms with E-state index in [-0.39, 0.29) is 5.78 Å². The van der Waals surface area contributed by atoms with Gasteiger partial charge in [0.2, 0.25) is 0 Å². The van der Waals surface area contributed by atoms with Gasteiger partial charge in [0.1, 0.15) is 5.75 Å². The molecule has 0 aromatic heterocycles. The lowest BCUT2D eigenvalue weighted by Crippen LogP contribution is -2.40. The maximum absolute atomic E-state index is 12.2. The van der Waals surface area contributed by atoms with Gasteiger partial charge in [0.05, 0.1) is 13.7 Å². The monoisotopic (exact) mass is 261 g/mol. The number of likely N-dealkylation sites (tertiary alicyclic amines) is 1. The summed E-state index contributed by atoms with van der Waals surface area (Å²) < 4.78 is 5.16. The van der Waals surface area contributed by atoms with Crippen molar-refractivity contribution < 1.29 is 9.53 Å². The van der Waals surface area contributed by atoms with Crippen molar-refractivity contribution in [3.8, 4) is 5.75 Å². The van der Waals surface area contributed by atoms with E-state index in [1.807, 2.05) is 24.3 Å². The fraction of sp³-hybridized carbons (Fsp3) is 0.562. The minimum atomic E-state index is 0.179. The number of benzene rings is 1. The largest absolute Gasteiger partial charge is 0.497 e. The van der Waals surface area contributed by atoms with Crippen LogP contribution in [0.15, 0.2) is 24.3 Å². The third kappa shape index (κ3) is 3.80. The second-order valence-corrected chi connectivity index (χ2v) is 6.10. The number of hydrogen-bond donors (Lipinski definition) is 0. The van der Waals surface area contributed by atoms with Gasteiger partial charge in [0, 0.05) is 5.56 Å². The highest BCUT2D eigenvalue weighted by Gasteiger charge is 2.26. The van der Waals surface area contributed by atoms with E-state index < -0.39 is 0 Å². The number of methoxy groups -OCH3 is 1. The Labute approximate surface area is 115 Å². The standard InChI is InChI=1S/C16H23NO2/c1-16(2)7-9-17(10-8-16)12-15(18)13-5-4-6-14(11-13)19-3/h4-6,11H,7-10,12H2,1-3H3. The number of carbonyl (C=O) groups excluding carboxylic acids is 1. The fourth-order valence-corrected chi connectivity index (χ4v) is 2.41. The Balaban J connectivity index is 1.94. The summed E-state index contributed by atoms with van der Waals surface area (Å²) in [5, 5.41) is 0. The molecule has 0 saturated carbocycles. The molecular weight excluding hydrogens is 238 g/mol. The van der Waals surface area contributed by atoms with Crippen molar-refractivity contribution in [1.29, 1.82) is 0 Å². The van der Waals surface area contributed by atoms with Gasteiger partial charge in [-0.05, 0) is 43.5 Å². The summed E-state index contributed by atoms with van der Waals surface area (Å²) in [4.78, 5) is 14.5. The van der Waals surface area contributed by atoms with Crippen molar-refractivity contribution in [3.05, 3.63) is 29.8 Å². The number of piperidine rings is 1. The zero-order valence-electron chi connectivity index (χ0n) is 12.1. The molecule has 3 heteroatoms. The zero-order chi connectivity index (χ0) is 13.9. The van der Waals surface area contributed by atoms with Crippen LogP contribution in [-0.4, -0.2) is 37.4 Å². The van der Waals surface area contributed by atoms with Gasteiger partial charge in [-0.15, -0.1) is 0 Å². The van der Waals surface area contributed by atoms with E-state index in [0.29, 0.717) is 12.0 Å². The van der Waals surface area contributed by atoms with Gasteiger partial charge in [-0.1, -0.05) is 26.0 Å². The zero-order valence-corrected chi connectivity index (χ0v) is 12.1.